The van der Waals surface area contributed by atoms with Crippen molar-refractivity contribution in [3.05, 3.63) is 34.0 Å². The lowest BCUT2D eigenvalue weighted by atomic mass is 10.1. The van der Waals surface area contributed by atoms with Gasteiger partial charge in [0.15, 0.2) is 0 Å². The molecule has 0 aliphatic heterocycles. The first-order valence-electron chi connectivity index (χ1n) is 6.05. The third kappa shape index (κ3) is 2.70. The molecule has 1 aromatic heterocycles. The molecular weight excluding hydrogens is 326 g/mol. The molecule has 0 N–H and O–H groups in total. The summed E-state index contributed by atoms with van der Waals surface area (Å²) >= 11 is 3.40. The van der Waals surface area contributed by atoms with Gasteiger partial charge in [0.1, 0.15) is 22.8 Å². The van der Waals surface area contributed by atoms with E-state index in [0.29, 0.717) is 29.4 Å². The highest BCUT2D eigenvalue weighted by Crippen LogP contribution is 2.32. The number of hydrogen-bond donors (Lipinski definition) is 0. The Kier molecular flexibility index (Phi) is 4.44. The number of hydrogen-bond acceptors (Lipinski definition) is 5. The summed E-state index contributed by atoms with van der Waals surface area (Å²) in [5, 5.41) is 3.95. The number of nitrogens with zero attached hydrogens (tertiary/aromatic N) is 1. The molecule has 2 aromatic rings. The number of esters is 1. The highest BCUT2D eigenvalue weighted by molar-refractivity contribution is 9.10. The van der Waals surface area contributed by atoms with E-state index in [1.165, 1.54) is 0 Å². The number of aryl methyl sites for hydroxylation is 1. The maximum Gasteiger partial charge on any atom is 0.344 e. The van der Waals surface area contributed by atoms with Crippen molar-refractivity contribution in [2.75, 3.05) is 13.7 Å². The van der Waals surface area contributed by atoms with Gasteiger partial charge in [0, 0.05) is 5.56 Å². The number of rotatable bonds is 4. The molecule has 0 aliphatic carbocycles. The van der Waals surface area contributed by atoms with E-state index in [9.17, 15) is 4.79 Å². The van der Waals surface area contributed by atoms with Crippen LogP contribution in [-0.2, 0) is 4.74 Å². The lowest BCUT2D eigenvalue weighted by Crippen LogP contribution is -2.06. The summed E-state index contributed by atoms with van der Waals surface area (Å²) in [6.07, 6.45) is 0. The Morgan fingerprint density at radius 1 is 1.45 bits per heavy atom. The summed E-state index contributed by atoms with van der Waals surface area (Å²) in [7, 11) is 1.59. The SMILES string of the molecule is CCOC(=O)c1c(-c2ccc(OC)c(Br)c2)noc1C. The number of carbonyl (C=O) groups is 1. The zero-order valence-electron chi connectivity index (χ0n) is 11.4. The second kappa shape index (κ2) is 6.09. The van der Waals surface area contributed by atoms with Crippen LogP contribution in [-0.4, -0.2) is 24.8 Å². The highest BCUT2D eigenvalue weighted by atomic mass is 79.9. The molecule has 20 heavy (non-hydrogen) atoms. The van der Waals surface area contributed by atoms with Crippen LogP contribution in [0.5, 0.6) is 5.75 Å². The molecule has 6 heteroatoms. The highest BCUT2D eigenvalue weighted by Gasteiger charge is 2.23. The zero-order valence-corrected chi connectivity index (χ0v) is 13.0. The molecule has 0 atom stereocenters. The molecule has 0 bridgehead atoms. The van der Waals surface area contributed by atoms with Gasteiger partial charge in [0.25, 0.3) is 0 Å². The summed E-state index contributed by atoms with van der Waals surface area (Å²) in [4.78, 5) is 12.0. The van der Waals surface area contributed by atoms with Crippen LogP contribution in [0.15, 0.2) is 27.2 Å². The van der Waals surface area contributed by atoms with Crippen molar-refractivity contribution in [3.63, 3.8) is 0 Å². The minimum Gasteiger partial charge on any atom is -0.496 e. The average molecular weight is 340 g/mol. The molecule has 2 rings (SSSR count). The predicted molar refractivity (Wildman–Crippen MR) is 76.9 cm³/mol. The largest absolute Gasteiger partial charge is 0.496 e. The maximum absolute atomic E-state index is 12.0. The fourth-order valence-electron chi connectivity index (χ4n) is 1.83. The Labute approximate surface area is 125 Å². The molecule has 0 amide bonds. The first-order valence-corrected chi connectivity index (χ1v) is 6.85. The molecule has 5 nitrogen and oxygen atoms in total. The summed E-state index contributed by atoms with van der Waals surface area (Å²) in [6.45, 7) is 3.74. The van der Waals surface area contributed by atoms with Crippen LogP contribution < -0.4 is 4.74 Å². The number of ether oxygens (including phenoxy) is 2. The molecule has 0 fully saturated rings. The molecule has 0 spiro atoms. The van der Waals surface area contributed by atoms with Crippen LogP contribution in [0, 0.1) is 6.92 Å². The van der Waals surface area contributed by atoms with Gasteiger partial charge in [-0.15, -0.1) is 0 Å². The van der Waals surface area contributed by atoms with Crippen molar-refractivity contribution >= 4 is 21.9 Å². The van der Waals surface area contributed by atoms with Gasteiger partial charge in [-0.25, -0.2) is 4.79 Å². The number of carbonyl (C=O) groups excluding carboxylic acids is 1. The number of aromatic nitrogens is 1. The lowest BCUT2D eigenvalue weighted by Gasteiger charge is -2.06. The number of halogens is 1. The second-order valence-electron chi connectivity index (χ2n) is 4.03. The van der Waals surface area contributed by atoms with Gasteiger partial charge < -0.3 is 14.0 Å². The molecule has 0 saturated heterocycles. The van der Waals surface area contributed by atoms with Crippen LogP contribution in [0.3, 0.4) is 0 Å². The van der Waals surface area contributed by atoms with Gasteiger partial charge in [0.2, 0.25) is 0 Å². The monoisotopic (exact) mass is 339 g/mol. The first-order chi connectivity index (χ1) is 9.58. The van der Waals surface area contributed by atoms with Crippen molar-refractivity contribution in [2.45, 2.75) is 13.8 Å². The third-order valence-corrected chi connectivity index (χ3v) is 3.39. The van der Waals surface area contributed by atoms with E-state index in [1.54, 1.807) is 27.0 Å². The van der Waals surface area contributed by atoms with Gasteiger partial charge in [-0.05, 0) is 48.0 Å². The number of methoxy groups -OCH3 is 1. The van der Waals surface area contributed by atoms with Crippen molar-refractivity contribution in [1.29, 1.82) is 0 Å². The Balaban J connectivity index is 2.48. The average Bonchev–Trinajstić information content (AvgIpc) is 2.81. The van der Waals surface area contributed by atoms with Crippen molar-refractivity contribution in [1.82, 2.24) is 5.16 Å². The number of benzene rings is 1. The maximum atomic E-state index is 12.0. The smallest absolute Gasteiger partial charge is 0.344 e. The van der Waals surface area contributed by atoms with Crippen molar-refractivity contribution in [3.8, 4) is 17.0 Å². The molecule has 0 radical (unpaired) electrons. The molecule has 0 unspecified atom stereocenters. The Hall–Kier alpha value is -1.82. The fraction of sp³-hybridized carbons (Fsp3) is 0.286. The molecular formula is C14H14BrNO4. The quantitative estimate of drug-likeness (QED) is 0.796. The van der Waals surface area contributed by atoms with E-state index in [1.807, 2.05) is 12.1 Å². The van der Waals surface area contributed by atoms with Crippen LogP contribution in [0.1, 0.15) is 23.0 Å². The standard InChI is InChI=1S/C14H14BrNO4/c1-4-19-14(17)12-8(2)20-16-13(12)9-5-6-11(18-3)10(15)7-9/h5-7H,4H2,1-3H3. The van der Waals surface area contributed by atoms with E-state index in [4.69, 9.17) is 14.0 Å². The Morgan fingerprint density at radius 3 is 2.80 bits per heavy atom. The van der Waals surface area contributed by atoms with Crippen molar-refractivity contribution < 1.29 is 18.8 Å². The second-order valence-corrected chi connectivity index (χ2v) is 4.89. The Bertz CT molecular complexity index is 636. The van der Waals surface area contributed by atoms with Gasteiger partial charge >= 0.3 is 5.97 Å². The predicted octanol–water partition coefficient (Wildman–Crippen LogP) is 3.60. The van der Waals surface area contributed by atoms with E-state index >= 15 is 0 Å². The van der Waals surface area contributed by atoms with Crippen LogP contribution >= 0.6 is 15.9 Å². The normalized spacial score (nSPS) is 10.4. The van der Waals surface area contributed by atoms with Gasteiger partial charge in [0.05, 0.1) is 18.2 Å². The summed E-state index contributed by atoms with van der Waals surface area (Å²) in [5.41, 5.74) is 1.56. The molecule has 0 aliphatic rings. The Morgan fingerprint density at radius 2 is 2.20 bits per heavy atom. The van der Waals surface area contributed by atoms with Gasteiger partial charge in [-0.1, -0.05) is 5.16 Å². The summed E-state index contributed by atoms with van der Waals surface area (Å²) in [5.74, 6) is 0.699. The molecule has 1 aromatic carbocycles. The molecule has 1 heterocycles. The molecule has 0 saturated carbocycles. The third-order valence-electron chi connectivity index (χ3n) is 2.77. The van der Waals surface area contributed by atoms with Gasteiger partial charge in [-0.2, -0.15) is 0 Å². The van der Waals surface area contributed by atoms with E-state index in [0.717, 1.165) is 10.0 Å². The zero-order chi connectivity index (χ0) is 14.7. The topological polar surface area (TPSA) is 61.6 Å². The molecule has 106 valence electrons. The minimum atomic E-state index is -0.437. The van der Waals surface area contributed by atoms with E-state index in [-0.39, 0.29) is 0 Å². The van der Waals surface area contributed by atoms with Crippen LogP contribution in [0.25, 0.3) is 11.3 Å². The van der Waals surface area contributed by atoms with Crippen LogP contribution in [0.4, 0.5) is 0 Å². The van der Waals surface area contributed by atoms with Crippen LogP contribution in [0.2, 0.25) is 0 Å². The van der Waals surface area contributed by atoms with Crippen molar-refractivity contribution in [2.24, 2.45) is 0 Å². The van der Waals surface area contributed by atoms with E-state index < -0.39 is 5.97 Å². The first kappa shape index (κ1) is 14.6. The van der Waals surface area contributed by atoms with E-state index in [2.05, 4.69) is 21.1 Å². The minimum absolute atomic E-state index is 0.301. The summed E-state index contributed by atoms with van der Waals surface area (Å²) in [6, 6.07) is 5.42. The fourth-order valence-corrected chi connectivity index (χ4v) is 2.37. The lowest BCUT2D eigenvalue weighted by molar-refractivity contribution is 0.0525. The van der Waals surface area contributed by atoms with Gasteiger partial charge in [-0.3, -0.25) is 0 Å². The summed E-state index contributed by atoms with van der Waals surface area (Å²) < 4.78 is 16.1.